The molecule has 0 radical (unpaired) electrons. The molecule has 0 aliphatic carbocycles. The van der Waals surface area contributed by atoms with Gasteiger partial charge in [0.2, 0.25) is 0 Å². The number of carbonyl (C=O) groups excluding carboxylic acids is 2. The lowest BCUT2D eigenvalue weighted by Gasteiger charge is -2.21. The molecule has 3 N–H and O–H groups in total. The summed E-state index contributed by atoms with van der Waals surface area (Å²) >= 11 is 0. The summed E-state index contributed by atoms with van der Waals surface area (Å²) in [6, 6.07) is 0. The Morgan fingerprint density at radius 3 is 2.44 bits per heavy atom. The molecule has 0 saturated carbocycles. The largest absolute Gasteiger partial charge is 0.358 e. The van der Waals surface area contributed by atoms with Crippen LogP contribution in [-0.2, 0) is 4.79 Å². The maximum Gasteiger partial charge on any atom is 0.256 e. The van der Waals surface area contributed by atoms with E-state index in [0.29, 0.717) is 24.2 Å². The summed E-state index contributed by atoms with van der Waals surface area (Å²) in [6.07, 6.45) is 5.65. The van der Waals surface area contributed by atoms with E-state index in [2.05, 4.69) is 15.6 Å². The number of rotatable bonds is 6. The highest BCUT2D eigenvalue weighted by atomic mass is 16.2. The number of nitrogens with one attached hydrogen (secondary N) is 3. The molecule has 0 spiro atoms. The highest BCUT2D eigenvalue weighted by Crippen LogP contribution is 2.29. The average Bonchev–Trinajstić information content (AvgIpc) is 3.11. The zero-order valence-electron chi connectivity index (χ0n) is 17.1. The second-order valence-corrected chi connectivity index (χ2v) is 6.57. The van der Waals surface area contributed by atoms with Crippen LogP contribution in [0.5, 0.6) is 0 Å². The Balaban J connectivity index is 2.44. The molecule has 146 valence electrons. The van der Waals surface area contributed by atoms with Crippen LogP contribution in [0, 0.1) is 13.8 Å². The van der Waals surface area contributed by atoms with Gasteiger partial charge in [-0.3, -0.25) is 9.59 Å². The number of hydrogen-bond acceptors (Lipinski definition) is 3. The topological polar surface area (TPSA) is 77.2 Å². The molecule has 1 fully saturated rings. The standard InChI is InChI=1S/C21H30N4O2/c1-7-15-16(20(26)24-17(15)8-2)12-18-13(4)19(14(5)23-18)21(27)25(9-3)11-10-22-6/h7-8,12,22-23H,9-11H2,1-6H3,(H,24,26)/b15-7-,16-12-,17-8+. The van der Waals surface area contributed by atoms with Crippen molar-refractivity contribution in [1.82, 2.24) is 20.5 Å². The van der Waals surface area contributed by atoms with Gasteiger partial charge in [-0.05, 0) is 53.3 Å². The van der Waals surface area contributed by atoms with Crippen LogP contribution in [0.3, 0.4) is 0 Å². The second kappa shape index (κ2) is 8.86. The van der Waals surface area contributed by atoms with E-state index in [1.54, 1.807) is 0 Å². The van der Waals surface area contributed by atoms with Gasteiger partial charge < -0.3 is 20.5 Å². The predicted molar refractivity (Wildman–Crippen MR) is 109 cm³/mol. The molecule has 1 aromatic heterocycles. The number of aryl methyl sites for hydroxylation is 1. The molecule has 1 aliphatic heterocycles. The third kappa shape index (κ3) is 4.06. The lowest BCUT2D eigenvalue weighted by molar-refractivity contribution is -0.115. The van der Waals surface area contributed by atoms with E-state index in [1.165, 1.54) is 0 Å². The van der Waals surface area contributed by atoms with Crippen LogP contribution in [0.1, 0.15) is 48.1 Å². The smallest absolute Gasteiger partial charge is 0.256 e. The highest BCUT2D eigenvalue weighted by Gasteiger charge is 2.27. The first kappa shape index (κ1) is 20.7. The summed E-state index contributed by atoms with van der Waals surface area (Å²) in [5, 5.41) is 5.96. The Bertz CT molecular complexity index is 827. The van der Waals surface area contributed by atoms with Gasteiger partial charge in [0.15, 0.2) is 0 Å². The van der Waals surface area contributed by atoms with Crippen molar-refractivity contribution in [3.8, 4) is 0 Å². The van der Waals surface area contributed by atoms with Crippen LogP contribution < -0.4 is 10.6 Å². The molecule has 1 saturated heterocycles. The van der Waals surface area contributed by atoms with Gasteiger partial charge in [-0.2, -0.15) is 0 Å². The summed E-state index contributed by atoms with van der Waals surface area (Å²) in [4.78, 5) is 30.5. The number of hydrogen-bond donors (Lipinski definition) is 3. The zero-order valence-corrected chi connectivity index (χ0v) is 17.1. The summed E-state index contributed by atoms with van der Waals surface area (Å²) in [7, 11) is 1.87. The first-order valence-corrected chi connectivity index (χ1v) is 9.38. The van der Waals surface area contributed by atoms with Gasteiger partial charge in [-0.25, -0.2) is 0 Å². The van der Waals surface area contributed by atoms with Crippen LogP contribution in [-0.4, -0.2) is 48.4 Å². The Morgan fingerprint density at radius 1 is 1.19 bits per heavy atom. The lowest BCUT2D eigenvalue weighted by atomic mass is 10.0. The number of H-pyrrole nitrogens is 1. The maximum atomic E-state index is 13.0. The molecule has 2 amide bonds. The van der Waals surface area contributed by atoms with E-state index in [1.807, 2.05) is 64.8 Å². The van der Waals surface area contributed by atoms with Gasteiger partial charge >= 0.3 is 0 Å². The summed E-state index contributed by atoms with van der Waals surface area (Å²) in [6.45, 7) is 11.7. The minimum atomic E-state index is -0.125. The summed E-state index contributed by atoms with van der Waals surface area (Å²) in [5.41, 5.74) is 5.47. The van der Waals surface area contributed by atoms with Gasteiger partial charge in [0.25, 0.3) is 11.8 Å². The quantitative estimate of drug-likeness (QED) is 0.674. The minimum absolute atomic E-state index is 0.0138. The molecule has 1 aromatic rings. The first-order valence-electron chi connectivity index (χ1n) is 9.38. The van der Waals surface area contributed by atoms with Gasteiger partial charge in [0, 0.05) is 42.3 Å². The van der Waals surface area contributed by atoms with Gasteiger partial charge in [0.05, 0.1) is 11.1 Å². The molecule has 0 atom stereocenters. The fourth-order valence-corrected chi connectivity index (χ4v) is 3.40. The normalized spacial score (nSPS) is 18.6. The molecule has 0 unspecified atom stereocenters. The predicted octanol–water partition coefficient (Wildman–Crippen LogP) is 2.68. The van der Waals surface area contributed by atoms with Crippen molar-refractivity contribution >= 4 is 17.9 Å². The molecular formula is C21H30N4O2. The van der Waals surface area contributed by atoms with Gasteiger partial charge in [0.1, 0.15) is 0 Å². The maximum absolute atomic E-state index is 13.0. The number of nitrogens with zero attached hydrogens (tertiary/aromatic N) is 1. The summed E-state index contributed by atoms with van der Waals surface area (Å²) in [5.74, 6) is -0.111. The fraction of sp³-hybridized carbons (Fsp3) is 0.429. The monoisotopic (exact) mass is 370 g/mol. The molecule has 1 aliphatic rings. The second-order valence-electron chi connectivity index (χ2n) is 6.57. The van der Waals surface area contributed by atoms with Gasteiger partial charge in [-0.15, -0.1) is 0 Å². The summed E-state index contributed by atoms with van der Waals surface area (Å²) < 4.78 is 0. The van der Waals surface area contributed by atoms with Crippen LogP contribution in [0.15, 0.2) is 29.0 Å². The van der Waals surface area contributed by atoms with E-state index in [4.69, 9.17) is 0 Å². The van der Waals surface area contributed by atoms with Crippen LogP contribution in [0.25, 0.3) is 6.08 Å². The number of carbonyl (C=O) groups is 2. The van der Waals surface area contributed by atoms with E-state index in [9.17, 15) is 9.59 Å². The van der Waals surface area contributed by atoms with Crippen molar-refractivity contribution in [2.24, 2.45) is 0 Å². The Hall–Kier alpha value is -2.60. The number of amides is 2. The molecule has 6 nitrogen and oxygen atoms in total. The number of aromatic nitrogens is 1. The zero-order chi connectivity index (χ0) is 20.1. The van der Waals surface area contributed by atoms with E-state index in [0.717, 1.165) is 34.8 Å². The molecule has 27 heavy (non-hydrogen) atoms. The molecule has 0 aromatic carbocycles. The van der Waals surface area contributed by atoms with Gasteiger partial charge in [-0.1, -0.05) is 12.2 Å². The van der Waals surface area contributed by atoms with E-state index < -0.39 is 0 Å². The van der Waals surface area contributed by atoms with Crippen molar-refractivity contribution < 1.29 is 9.59 Å². The van der Waals surface area contributed by atoms with Crippen LogP contribution in [0.4, 0.5) is 0 Å². The fourth-order valence-electron chi connectivity index (χ4n) is 3.40. The van der Waals surface area contributed by atoms with Crippen molar-refractivity contribution in [2.45, 2.75) is 34.6 Å². The Kier molecular flexibility index (Phi) is 6.80. The lowest BCUT2D eigenvalue weighted by Crippen LogP contribution is -2.36. The molecule has 2 heterocycles. The molecule has 2 rings (SSSR count). The highest BCUT2D eigenvalue weighted by molar-refractivity contribution is 6.09. The number of likely N-dealkylation sites (N-methyl/N-ethyl adjacent to an activating group) is 2. The van der Waals surface area contributed by atoms with E-state index in [-0.39, 0.29) is 11.8 Å². The third-order valence-electron chi connectivity index (χ3n) is 4.93. The number of allylic oxidation sites excluding steroid dienone is 3. The first-order chi connectivity index (χ1) is 12.9. The van der Waals surface area contributed by atoms with Crippen molar-refractivity contribution in [3.05, 3.63) is 51.5 Å². The van der Waals surface area contributed by atoms with Crippen molar-refractivity contribution in [2.75, 3.05) is 26.7 Å². The van der Waals surface area contributed by atoms with Crippen LogP contribution in [0.2, 0.25) is 0 Å². The molecular weight excluding hydrogens is 340 g/mol. The van der Waals surface area contributed by atoms with Crippen molar-refractivity contribution in [3.63, 3.8) is 0 Å². The average molecular weight is 370 g/mol. The van der Waals surface area contributed by atoms with Crippen LogP contribution >= 0.6 is 0 Å². The number of aromatic amines is 1. The Labute approximate surface area is 161 Å². The van der Waals surface area contributed by atoms with E-state index >= 15 is 0 Å². The molecule has 0 bridgehead atoms. The SMILES string of the molecule is C/C=C1C(=C/c2[nH]c(C)c(C(=O)N(CC)CCNC)c2C)/C(=O)NC/1=C/C. The van der Waals surface area contributed by atoms with Crippen molar-refractivity contribution in [1.29, 1.82) is 0 Å². The molecule has 6 heteroatoms. The third-order valence-corrected chi connectivity index (χ3v) is 4.93. The Morgan fingerprint density at radius 2 is 1.89 bits per heavy atom. The minimum Gasteiger partial charge on any atom is -0.358 e.